The number of hydrogen-bond donors (Lipinski definition) is 6. The van der Waals surface area contributed by atoms with E-state index in [1.54, 1.807) is 88.4 Å². The van der Waals surface area contributed by atoms with Crippen molar-refractivity contribution in [3.8, 4) is 33.9 Å². The van der Waals surface area contributed by atoms with Gasteiger partial charge in [-0.1, -0.05) is 92.8 Å². The number of anilines is 4. The van der Waals surface area contributed by atoms with Crippen molar-refractivity contribution in [2.75, 3.05) is 48.3 Å². The monoisotopic (exact) mass is 1580 g/mol. The Hall–Kier alpha value is -11.8. The zero-order valence-electron chi connectivity index (χ0n) is 61.8. The summed E-state index contributed by atoms with van der Waals surface area (Å²) in [4.78, 5) is 145. The molecule has 0 radical (unpaired) electrons. The molecule has 2 saturated heterocycles. The zero-order valence-corrected chi connectivity index (χ0v) is 63.1. The van der Waals surface area contributed by atoms with Gasteiger partial charge in [0.1, 0.15) is 46.5 Å². The molecular weight excluding hydrogens is 1480 g/mol. The molecule has 566 valence electrons. The van der Waals surface area contributed by atoms with Crippen molar-refractivity contribution in [3.63, 3.8) is 0 Å². The van der Waals surface area contributed by atoms with Gasteiger partial charge >= 0.3 is 23.3 Å². The average molecular weight is 1580 g/mol. The maximum Gasteiger partial charge on any atom is 0.337 e. The Morgan fingerprint density at radius 3 is 1.15 bits per heavy atom. The van der Waals surface area contributed by atoms with Gasteiger partial charge in [-0.25, -0.2) is 57.3 Å². The van der Waals surface area contributed by atoms with Crippen molar-refractivity contribution in [2.24, 2.45) is 11.8 Å². The van der Waals surface area contributed by atoms with Crippen LogP contribution in [0.5, 0.6) is 0 Å². The lowest BCUT2D eigenvalue weighted by molar-refractivity contribution is -0.136. The van der Waals surface area contributed by atoms with Gasteiger partial charge < -0.3 is 42.1 Å². The number of carboxylic acids is 2. The maximum absolute atomic E-state index is 13.4. The molecule has 10 aromatic rings. The first-order valence-corrected chi connectivity index (χ1v) is 34.1. The fourth-order valence-corrected chi connectivity index (χ4v) is 12.3. The third kappa shape index (κ3) is 19.0. The lowest BCUT2D eigenvalue weighted by atomic mass is 9.92. The SMILES string of the molecule is C.CC.CC(C)C(=O)N1CCC(c2cc(-c3ccc(NC(=O)c4cn(C(C)C)c(=O)n(-c5ccccn5)c4=O)cc3)c3c(N)ncnn23)CC1.CC(C)C(=O)N1CCC(c2cc(-c3ccc(NC(=O)c4cn(C(C)C)c(=O)n(-c5ccccn5)c4=O)cc3)c3c(N)ncnn23)CC1.I.O=C(O)/C=C\C(=O)O.[2H]C. The second-order valence-corrected chi connectivity index (χ2v) is 25.7. The Morgan fingerprint density at radius 2 is 0.860 bits per heavy atom. The third-order valence-electron chi connectivity index (χ3n) is 17.5. The first-order chi connectivity index (χ1) is 50.7. The van der Waals surface area contributed by atoms with E-state index < -0.39 is 46.3 Å². The molecule has 2 aromatic carbocycles. The Kier molecular flexibility index (Phi) is 28.7. The summed E-state index contributed by atoms with van der Waals surface area (Å²) < 4.78 is 13.9. The second-order valence-electron chi connectivity index (χ2n) is 25.7. The summed E-state index contributed by atoms with van der Waals surface area (Å²) >= 11 is 0. The largest absolute Gasteiger partial charge is 0.478 e. The molecule has 2 aliphatic rings. The van der Waals surface area contributed by atoms with Crippen LogP contribution in [0.3, 0.4) is 0 Å². The number of benzene rings is 2. The minimum atomic E-state index is -1.26. The van der Waals surface area contributed by atoms with Crippen LogP contribution in [0, 0.1) is 11.8 Å². The highest BCUT2D eigenvalue weighted by atomic mass is 127. The quantitative estimate of drug-likeness (QED) is 0.0386. The number of carbonyl (C=O) groups is 6. The van der Waals surface area contributed by atoms with E-state index in [4.69, 9.17) is 23.1 Å². The highest BCUT2D eigenvalue weighted by Crippen LogP contribution is 2.39. The van der Waals surface area contributed by atoms with Gasteiger partial charge in [0, 0.05) is 134 Å². The highest BCUT2D eigenvalue weighted by molar-refractivity contribution is 14.0. The van der Waals surface area contributed by atoms with Crippen molar-refractivity contribution in [1.29, 1.82) is 0 Å². The van der Waals surface area contributed by atoms with Gasteiger partial charge in [-0.15, -0.1) is 24.0 Å². The molecule has 107 heavy (non-hydrogen) atoms. The number of nitrogens with one attached hydrogen (secondary N) is 2. The van der Waals surface area contributed by atoms with Gasteiger partial charge in [0.25, 0.3) is 22.9 Å². The molecule has 0 unspecified atom stereocenters. The van der Waals surface area contributed by atoms with Crippen molar-refractivity contribution in [2.45, 2.75) is 134 Å². The summed E-state index contributed by atoms with van der Waals surface area (Å²) in [5, 5.41) is 30.3. The normalized spacial score (nSPS) is 13.0. The summed E-state index contributed by atoms with van der Waals surface area (Å²) in [6.07, 6.45) is 12.8. The number of nitrogen functional groups attached to an aromatic ring is 2. The maximum atomic E-state index is 13.4. The molecule has 31 heteroatoms. The van der Waals surface area contributed by atoms with Gasteiger partial charge in [-0.3, -0.25) is 37.9 Å². The number of carbonyl (C=O) groups excluding carboxylic acids is 4. The van der Waals surface area contributed by atoms with E-state index in [1.165, 1.54) is 54.0 Å². The molecule has 10 heterocycles. The van der Waals surface area contributed by atoms with E-state index in [0.717, 1.165) is 68.5 Å². The third-order valence-corrected chi connectivity index (χ3v) is 17.5. The van der Waals surface area contributed by atoms with Crippen LogP contribution in [-0.4, -0.2) is 139 Å². The van der Waals surface area contributed by atoms with E-state index in [-0.39, 0.29) is 102 Å². The van der Waals surface area contributed by atoms with Crippen LogP contribution >= 0.6 is 24.0 Å². The minimum Gasteiger partial charge on any atom is -0.478 e. The van der Waals surface area contributed by atoms with E-state index in [2.05, 4.69) is 52.9 Å². The molecule has 4 amide bonds. The number of halogens is 1. The number of likely N-dealkylation sites (tertiary alicyclic amines) is 2. The number of nitrogens with zero attached hydrogens (tertiary/aromatic N) is 14. The number of amides is 4. The molecule has 0 bridgehead atoms. The molecule has 2 aliphatic heterocycles. The predicted molar refractivity (Wildman–Crippen MR) is 422 cm³/mol. The standard InChI is InChI=1S/2C34H37N9O4.C4H4O4.C2H6.2CH4.HI/c2*1-20(2)32(45)40-15-12-23(13-16-40)27-17-25(29-30(35)37-19-38-43(27)29)22-8-10-24(11-9-22)39-31(44)26-18-41(21(3)4)34(47)42(33(26)46)28-7-5-6-14-36-28;5-3(6)1-2-4(7)8;1-2;;;/h2*5-11,14,17-21,23H,12-13,15-16H2,1-4H3,(H,39,44)(H2,35,37,38);1-2H,(H,5,6)(H,7,8);1-2H3;2*1H4;1H/b;;2-1-;;;;/i;;;;1D;;. The number of aliphatic carboxylic acids is 2. The molecule has 0 saturated carbocycles. The summed E-state index contributed by atoms with van der Waals surface area (Å²) in [6.45, 7) is 21.6. The smallest absolute Gasteiger partial charge is 0.337 e. The Labute approximate surface area is 636 Å². The van der Waals surface area contributed by atoms with E-state index >= 15 is 0 Å². The van der Waals surface area contributed by atoms with Crippen LogP contribution in [0.15, 0.2) is 166 Å². The Balaban J connectivity index is 0.000000290. The van der Waals surface area contributed by atoms with Crippen molar-refractivity contribution in [1.82, 2.24) is 67.2 Å². The summed E-state index contributed by atoms with van der Waals surface area (Å²) in [5.74, 6) is -2.23. The van der Waals surface area contributed by atoms with Gasteiger partial charge in [-0.05, 0) is 125 Å². The van der Waals surface area contributed by atoms with Crippen molar-refractivity contribution >= 4 is 93.6 Å². The number of fused-ring (bicyclic) bond motifs is 2. The van der Waals surface area contributed by atoms with Crippen LogP contribution in [0.1, 0.15) is 167 Å². The minimum absolute atomic E-state index is 0. The molecule has 8 aromatic heterocycles. The average Bonchev–Trinajstić information content (AvgIpc) is 1.62. The van der Waals surface area contributed by atoms with E-state index in [1.807, 2.05) is 84.6 Å². The fraction of sp³-hybridized carbons (Fsp3) is 0.342. The molecule has 0 aliphatic carbocycles. The second kappa shape index (κ2) is 37.3. The number of nitrogens with two attached hydrogens (primary N) is 2. The van der Waals surface area contributed by atoms with Gasteiger partial charge in [0.2, 0.25) is 11.8 Å². The Bertz CT molecular complexity index is 4780. The summed E-state index contributed by atoms with van der Waals surface area (Å²) in [7, 11) is 1.25. The first kappa shape index (κ1) is 82.5. The number of rotatable bonds is 16. The van der Waals surface area contributed by atoms with Crippen LogP contribution in [0.2, 0.25) is 0 Å². The van der Waals surface area contributed by atoms with Crippen LogP contribution in [-0.2, 0) is 19.2 Å². The molecule has 8 N–H and O–H groups in total. The highest BCUT2D eigenvalue weighted by Gasteiger charge is 2.32. The molecule has 0 atom stereocenters. The Morgan fingerprint density at radius 1 is 0.523 bits per heavy atom. The number of hydrogen-bond acceptors (Lipinski definition) is 18. The molecular formula is C76H93IN18O12. The summed E-state index contributed by atoms with van der Waals surface area (Å²) in [6, 6.07) is 27.7. The van der Waals surface area contributed by atoms with E-state index in [0.29, 0.717) is 72.4 Å². The number of pyridine rings is 2. The van der Waals surface area contributed by atoms with E-state index in [9.17, 15) is 47.9 Å². The lowest BCUT2D eigenvalue weighted by Crippen LogP contribution is -2.43. The molecule has 0 spiro atoms. The predicted octanol–water partition coefficient (Wildman–Crippen LogP) is 10.4. The molecule has 30 nitrogen and oxygen atoms in total. The van der Waals surface area contributed by atoms with Gasteiger partial charge in [0.05, 0.1) is 0 Å². The number of piperidine rings is 2. The van der Waals surface area contributed by atoms with Crippen molar-refractivity contribution < 1.29 is 40.4 Å². The first-order valence-electron chi connectivity index (χ1n) is 35.1. The number of aromatic nitrogens is 12. The van der Waals surface area contributed by atoms with Crippen LogP contribution in [0.25, 0.3) is 44.9 Å². The van der Waals surface area contributed by atoms with Crippen LogP contribution in [0.4, 0.5) is 23.0 Å². The summed E-state index contributed by atoms with van der Waals surface area (Å²) in [5.41, 5.74) is 17.3. The molecule has 12 rings (SSSR count). The van der Waals surface area contributed by atoms with Crippen LogP contribution < -0.4 is 44.6 Å². The number of carboxylic acid groups (broad SMARTS) is 2. The molecule has 2 fully saturated rings. The lowest BCUT2D eigenvalue weighted by Gasteiger charge is -2.33. The fourth-order valence-electron chi connectivity index (χ4n) is 12.3. The van der Waals surface area contributed by atoms with Gasteiger partial charge in [-0.2, -0.15) is 10.2 Å². The zero-order chi connectivity index (χ0) is 77.4. The topological polar surface area (TPSA) is 400 Å². The van der Waals surface area contributed by atoms with Gasteiger partial charge in [0.15, 0.2) is 11.6 Å². The van der Waals surface area contributed by atoms with Crippen molar-refractivity contribution in [3.05, 3.63) is 211 Å².